The maximum absolute atomic E-state index is 12.4. The molecule has 1 saturated heterocycles. The second kappa shape index (κ2) is 7.20. The van der Waals surface area contributed by atoms with Crippen LogP contribution in [0.25, 0.3) is 0 Å². The van der Waals surface area contributed by atoms with Crippen molar-refractivity contribution in [1.82, 2.24) is 15.3 Å². The highest BCUT2D eigenvalue weighted by atomic mass is 32.2. The molecule has 1 N–H and O–H groups in total. The van der Waals surface area contributed by atoms with E-state index in [1.807, 2.05) is 0 Å². The van der Waals surface area contributed by atoms with Crippen molar-refractivity contribution in [3.63, 3.8) is 0 Å². The lowest BCUT2D eigenvalue weighted by Crippen LogP contribution is -2.49. The Kier molecular flexibility index (Phi) is 4.98. The molecule has 1 aliphatic heterocycles. The van der Waals surface area contributed by atoms with Gasteiger partial charge in [-0.1, -0.05) is 6.07 Å². The molecule has 136 valence electrons. The fourth-order valence-electron chi connectivity index (χ4n) is 2.15. The Balaban J connectivity index is 1.69. The van der Waals surface area contributed by atoms with Gasteiger partial charge in [-0.25, -0.2) is 14.8 Å². The minimum Gasteiger partial charge on any atom is -0.424 e. The van der Waals surface area contributed by atoms with Crippen LogP contribution in [0.4, 0.5) is 23.7 Å². The van der Waals surface area contributed by atoms with Crippen LogP contribution in [0.5, 0.6) is 11.8 Å². The molecule has 1 aromatic heterocycles. The molecular formula is C15H11F3N4O3S. The molecule has 0 aliphatic carbocycles. The first-order chi connectivity index (χ1) is 12.3. The highest BCUT2D eigenvalue weighted by Gasteiger charge is 2.29. The highest BCUT2D eigenvalue weighted by molar-refractivity contribution is 8.00. The molecule has 0 spiro atoms. The first-order valence-corrected chi connectivity index (χ1v) is 8.09. The molecule has 0 radical (unpaired) electrons. The average molecular weight is 384 g/mol. The van der Waals surface area contributed by atoms with E-state index in [4.69, 9.17) is 4.74 Å². The number of urea groups is 1. The maximum Gasteiger partial charge on any atom is 0.446 e. The van der Waals surface area contributed by atoms with E-state index in [9.17, 15) is 22.8 Å². The first kappa shape index (κ1) is 18.0. The van der Waals surface area contributed by atoms with Crippen LogP contribution in [0, 0.1) is 0 Å². The van der Waals surface area contributed by atoms with Crippen molar-refractivity contribution in [3.8, 4) is 11.8 Å². The number of hydrogen-bond donors (Lipinski definition) is 1. The van der Waals surface area contributed by atoms with Crippen molar-refractivity contribution in [2.45, 2.75) is 16.8 Å². The second-order valence-corrected chi connectivity index (χ2v) is 6.24. The molecular weight excluding hydrogens is 373 g/mol. The number of carbonyl (C=O) groups excluding carboxylic acids is 2. The zero-order valence-electron chi connectivity index (χ0n) is 13.0. The van der Waals surface area contributed by atoms with Gasteiger partial charge in [-0.3, -0.25) is 15.0 Å². The number of benzene rings is 1. The number of imide groups is 1. The third-order valence-corrected chi connectivity index (χ3v) is 3.95. The van der Waals surface area contributed by atoms with Gasteiger partial charge in [0.15, 0.2) is 0 Å². The number of nitrogens with zero attached hydrogens (tertiary/aromatic N) is 3. The summed E-state index contributed by atoms with van der Waals surface area (Å²) in [5.74, 6) is -0.211. The minimum absolute atomic E-state index is 0.0266. The third kappa shape index (κ3) is 4.63. The number of ether oxygens (including phenoxy) is 1. The van der Waals surface area contributed by atoms with Gasteiger partial charge in [-0.05, 0) is 30.0 Å². The zero-order valence-corrected chi connectivity index (χ0v) is 13.8. The van der Waals surface area contributed by atoms with Crippen molar-refractivity contribution >= 4 is 29.4 Å². The van der Waals surface area contributed by atoms with Gasteiger partial charge in [0, 0.05) is 17.9 Å². The topological polar surface area (TPSA) is 84.4 Å². The van der Waals surface area contributed by atoms with Crippen molar-refractivity contribution in [1.29, 1.82) is 0 Å². The van der Waals surface area contributed by atoms with Crippen molar-refractivity contribution in [2.75, 3.05) is 11.4 Å². The van der Waals surface area contributed by atoms with Crippen LogP contribution in [0.2, 0.25) is 0 Å². The number of carbonyl (C=O) groups is 2. The molecule has 7 nitrogen and oxygen atoms in total. The number of alkyl halides is 3. The van der Waals surface area contributed by atoms with Gasteiger partial charge < -0.3 is 4.74 Å². The second-order valence-electron chi connectivity index (χ2n) is 5.10. The summed E-state index contributed by atoms with van der Waals surface area (Å²) < 4.78 is 42.6. The van der Waals surface area contributed by atoms with Gasteiger partial charge in [0.1, 0.15) is 5.75 Å². The van der Waals surface area contributed by atoms with Crippen LogP contribution < -0.4 is 15.0 Å². The van der Waals surface area contributed by atoms with E-state index in [0.717, 1.165) is 0 Å². The summed E-state index contributed by atoms with van der Waals surface area (Å²) in [5, 5.41) is 2.17. The summed E-state index contributed by atoms with van der Waals surface area (Å²) in [6.45, 7) is 0.199. The Morgan fingerprint density at radius 2 is 1.92 bits per heavy atom. The van der Waals surface area contributed by atoms with E-state index in [0.29, 0.717) is 5.69 Å². The fraction of sp³-hybridized carbons (Fsp3) is 0.200. The third-order valence-electron chi connectivity index (χ3n) is 3.23. The Morgan fingerprint density at radius 1 is 1.19 bits per heavy atom. The molecule has 0 atom stereocenters. The van der Waals surface area contributed by atoms with Gasteiger partial charge in [-0.15, -0.1) is 0 Å². The largest absolute Gasteiger partial charge is 0.446 e. The van der Waals surface area contributed by atoms with Crippen molar-refractivity contribution in [3.05, 3.63) is 36.7 Å². The standard InChI is InChI=1S/C15H11F3N4O3S/c16-15(17,18)26-11-3-1-2-10(6-11)25-13-19-7-9(8-20-13)22-5-4-12(23)21-14(22)24/h1-3,6-8H,4-5H2,(H,21,23,24). The number of thioether (sulfide) groups is 1. The number of halogens is 3. The van der Waals surface area contributed by atoms with E-state index in [-0.39, 0.29) is 47.3 Å². The summed E-state index contributed by atoms with van der Waals surface area (Å²) in [4.78, 5) is 32.0. The summed E-state index contributed by atoms with van der Waals surface area (Å²) in [5.41, 5.74) is -4.03. The quantitative estimate of drug-likeness (QED) is 0.814. The van der Waals surface area contributed by atoms with Gasteiger partial charge in [-0.2, -0.15) is 13.2 Å². The van der Waals surface area contributed by atoms with Crippen LogP contribution in [0.3, 0.4) is 0 Å². The van der Waals surface area contributed by atoms with Crippen molar-refractivity contribution in [2.24, 2.45) is 0 Å². The molecule has 1 aliphatic rings. The molecule has 0 saturated carbocycles. The molecule has 26 heavy (non-hydrogen) atoms. The molecule has 2 heterocycles. The molecule has 11 heteroatoms. The summed E-state index contributed by atoms with van der Waals surface area (Å²) in [6, 6.07) is 4.77. The van der Waals surface area contributed by atoms with Crippen LogP contribution in [0.1, 0.15) is 6.42 Å². The van der Waals surface area contributed by atoms with Gasteiger partial charge in [0.2, 0.25) is 5.91 Å². The zero-order chi connectivity index (χ0) is 18.7. The van der Waals surface area contributed by atoms with Gasteiger partial charge >= 0.3 is 17.5 Å². The number of rotatable bonds is 4. The van der Waals surface area contributed by atoms with Crippen LogP contribution in [0.15, 0.2) is 41.6 Å². The first-order valence-electron chi connectivity index (χ1n) is 7.27. The maximum atomic E-state index is 12.4. The lowest BCUT2D eigenvalue weighted by atomic mass is 10.3. The number of hydrogen-bond acceptors (Lipinski definition) is 6. The van der Waals surface area contributed by atoms with Crippen LogP contribution in [-0.4, -0.2) is 34.0 Å². The molecule has 1 aromatic carbocycles. The Hall–Kier alpha value is -2.82. The molecule has 0 bridgehead atoms. The number of anilines is 1. The predicted molar refractivity (Wildman–Crippen MR) is 86.0 cm³/mol. The Labute approximate surface area is 149 Å². The molecule has 3 amide bonds. The molecule has 0 unspecified atom stereocenters. The monoisotopic (exact) mass is 384 g/mol. The highest BCUT2D eigenvalue weighted by Crippen LogP contribution is 2.38. The van der Waals surface area contributed by atoms with Gasteiger partial charge in [0.25, 0.3) is 0 Å². The van der Waals surface area contributed by atoms with E-state index < -0.39 is 11.5 Å². The number of aromatic nitrogens is 2. The summed E-state index contributed by atoms with van der Waals surface area (Å²) >= 11 is -0.252. The lowest BCUT2D eigenvalue weighted by molar-refractivity contribution is -0.120. The summed E-state index contributed by atoms with van der Waals surface area (Å²) in [7, 11) is 0. The van der Waals surface area contributed by atoms with Crippen molar-refractivity contribution < 1.29 is 27.5 Å². The smallest absolute Gasteiger partial charge is 0.424 e. The average Bonchev–Trinajstić information content (AvgIpc) is 2.55. The Morgan fingerprint density at radius 3 is 2.58 bits per heavy atom. The minimum atomic E-state index is -4.40. The Bertz CT molecular complexity index is 830. The fourth-order valence-corrected chi connectivity index (χ4v) is 2.74. The van der Waals surface area contributed by atoms with E-state index >= 15 is 0 Å². The number of amides is 3. The number of nitrogens with one attached hydrogen (secondary N) is 1. The lowest BCUT2D eigenvalue weighted by Gasteiger charge is -2.25. The normalized spacial score (nSPS) is 15.0. The summed E-state index contributed by atoms with van der Waals surface area (Å²) in [6.07, 6.45) is 2.81. The van der Waals surface area contributed by atoms with Crippen LogP contribution >= 0.6 is 11.8 Å². The van der Waals surface area contributed by atoms with Gasteiger partial charge in [0.05, 0.1) is 18.1 Å². The predicted octanol–water partition coefficient (Wildman–Crippen LogP) is 3.33. The molecule has 2 aromatic rings. The molecule has 3 rings (SSSR count). The molecule has 1 fully saturated rings. The van der Waals surface area contributed by atoms with E-state index in [1.54, 1.807) is 0 Å². The van der Waals surface area contributed by atoms with E-state index in [2.05, 4.69) is 15.3 Å². The van der Waals surface area contributed by atoms with E-state index in [1.165, 1.54) is 41.6 Å². The SMILES string of the molecule is O=C1CCN(c2cnc(Oc3cccc(SC(F)(F)F)c3)nc2)C(=O)N1. The van der Waals surface area contributed by atoms with Crippen LogP contribution in [-0.2, 0) is 4.79 Å².